The van der Waals surface area contributed by atoms with Gasteiger partial charge in [-0.2, -0.15) is 0 Å². The molecule has 2 aliphatic carbocycles. The second-order valence-electron chi connectivity index (χ2n) is 7.70. The van der Waals surface area contributed by atoms with Gasteiger partial charge in [0, 0.05) is 6.54 Å². The summed E-state index contributed by atoms with van der Waals surface area (Å²) in [5.74, 6) is 3.62. The number of amides is 1. The van der Waals surface area contributed by atoms with Crippen molar-refractivity contribution >= 4 is 5.91 Å². The van der Waals surface area contributed by atoms with Crippen LogP contribution in [0.3, 0.4) is 0 Å². The van der Waals surface area contributed by atoms with E-state index in [9.17, 15) is 4.79 Å². The van der Waals surface area contributed by atoms with Crippen LogP contribution in [0.1, 0.15) is 59.3 Å². The maximum absolute atomic E-state index is 12.7. The highest BCUT2D eigenvalue weighted by Crippen LogP contribution is 2.48. The molecule has 3 nitrogen and oxygen atoms in total. The molecule has 0 radical (unpaired) electrons. The van der Waals surface area contributed by atoms with Crippen LogP contribution in [-0.2, 0) is 4.79 Å². The molecular weight excluding hydrogens is 248 g/mol. The van der Waals surface area contributed by atoms with Gasteiger partial charge < -0.3 is 4.90 Å². The van der Waals surface area contributed by atoms with E-state index in [4.69, 9.17) is 0 Å². The van der Waals surface area contributed by atoms with Crippen molar-refractivity contribution in [1.82, 2.24) is 10.2 Å². The van der Waals surface area contributed by atoms with Crippen LogP contribution in [0.4, 0.5) is 0 Å². The molecule has 1 N–H and O–H groups in total. The van der Waals surface area contributed by atoms with E-state index >= 15 is 0 Å². The van der Waals surface area contributed by atoms with Gasteiger partial charge in [0.25, 0.3) is 0 Å². The minimum absolute atomic E-state index is 0.0681. The summed E-state index contributed by atoms with van der Waals surface area (Å²) in [5.41, 5.74) is 0. The summed E-state index contributed by atoms with van der Waals surface area (Å²) < 4.78 is 0. The van der Waals surface area contributed by atoms with Crippen LogP contribution in [0.5, 0.6) is 0 Å². The number of rotatable bonds is 5. The summed E-state index contributed by atoms with van der Waals surface area (Å²) in [6.45, 7) is 7.61. The lowest BCUT2D eigenvalue weighted by atomic mass is 9.88. The number of carbonyl (C=O) groups is 1. The molecule has 2 saturated carbocycles. The summed E-state index contributed by atoms with van der Waals surface area (Å²) in [7, 11) is 0. The Morgan fingerprint density at radius 1 is 1.30 bits per heavy atom. The molecule has 1 saturated heterocycles. The highest BCUT2D eigenvalue weighted by Gasteiger charge is 2.44. The number of carbonyl (C=O) groups excluding carboxylic acids is 1. The van der Waals surface area contributed by atoms with Crippen LogP contribution in [0, 0.1) is 23.7 Å². The average Bonchev–Trinajstić information content (AvgIpc) is 3.08. The summed E-state index contributed by atoms with van der Waals surface area (Å²) >= 11 is 0. The smallest absolute Gasteiger partial charge is 0.241 e. The quantitative estimate of drug-likeness (QED) is 0.838. The fourth-order valence-corrected chi connectivity index (χ4v) is 4.80. The molecule has 20 heavy (non-hydrogen) atoms. The maximum Gasteiger partial charge on any atom is 0.241 e. The van der Waals surface area contributed by atoms with Crippen LogP contribution in [0.2, 0.25) is 0 Å². The molecule has 0 aromatic carbocycles. The van der Waals surface area contributed by atoms with Crippen LogP contribution in [0.25, 0.3) is 0 Å². The van der Waals surface area contributed by atoms with E-state index in [-0.39, 0.29) is 12.2 Å². The molecule has 5 unspecified atom stereocenters. The monoisotopic (exact) mass is 278 g/mol. The van der Waals surface area contributed by atoms with E-state index < -0.39 is 0 Å². The fraction of sp³-hybridized carbons (Fsp3) is 0.941. The molecule has 2 bridgehead atoms. The minimum atomic E-state index is 0.0681. The Labute approximate surface area is 123 Å². The van der Waals surface area contributed by atoms with E-state index in [2.05, 4.69) is 31.0 Å². The first-order valence-corrected chi connectivity index (χ1v) is 8.65. The Hall–Kier alpha value is -0.570. The van der Waals surface area contributed by atoms with Gasteiger partial charge in [-0.3, -0.25) is 10.1 Å². The second kappa shape index (κ2) is 5.67. The Kier molecular flexibility index (Phi) is 4.07. The first kappa shape index (κ1) is 14.4. The normalized spacial score (nSPS) is 40.3. The number of nitrogens with one attached hydrogen (secondary N) is 1. The topological polar surface area (TPSA) is 32.3 Å². The average molecular weight is 278 g/mol. The molecule has 1 heterocycles. The zero-order valence-corrected chi connectivity index (χ0v) is 13.3. The third-order valence-electron chi connectivity index (χ3n) is 5.76. The van der Waals surface area contributed by atoms with Gasteiger partial charge in [0.15, 0.2) is 0 Å². The highest BCUT2D eigenvalue weighted by molar-refractivity contribution is 5.84. The van der Waals surface area contributed by atoms with Crippen molar-refractivity contribution in [2.45, 2.75) is 71.5 Å². The van der Waals surface area contributed by atoms with Gasteiger partial charge in [-0.05, 0) is 55.8 Å². The molecular formula is C17H30N2O. The first-order valence-electron chi connectivity index (χ1n) is 8.65. The van der Waals surface area contributed by atoms with Crippen molar-refractivity contribution in [2.75, 3.05) is 6.54 Å². The van der Waals surface area contributed by atoms with Crippen molar-refractivity contribution in [2.24, 2.45) is 23.7 Å². The number of hydrogen-bond acceptors (Lipinski definition) is 2. The Bertz CT molecular complexity index is 368. The third kappa shape index (κ3) is 2.61. The zero-order chi connectivity index (χ0) is 14.3. The van der Waals surface area contributed by atoms with Gasteiger partial charge >= 0.3 is 0 Å². The Morgan fingerprint density at radius 2 is 2.10 bits per heavy atom. The van der Waals surface area contributed by atoms with Crippen molar-refractivity contribution < 1.29 is 4.79 Å². The maximum atomic E-state index is 12.7. The number of fused-ring (bicyclic) bond motifs is 2. The predicted molar refractivity (Wildman–Crippen MR) is 81.1 cm³/mol. The molecule has 0 aromatic rings. The predicted octanol–water partition coefficient (Wildman–Crippen LogP) is 3.01. The van der Waals surface area contributed by atoms with E-state index in [1.807, 2.05) is 0 Å². The molecule has 1 amide bonds. The van der Waals surface area contributed by atoms with Crippen molar-refractivity contribution in [3.05, 3.63) is 0 Å². The fourth-order valence-electron chi connectivity index (χ4n) is 4.80. The molecule has 0 spiro atoms. The van der Waals surface area contributed by atoms with E-state index in [0.29, 0.717) is 11.8 Å². The summed E-state index contributed by atoms with van der Waals surface area (Å²) in [6.07, 6.45) is 7.96. The molecule has 5 atom stereocenters. The SMILES string of the molecule is CCC1NC(CC(C)C)C(=O)N1CC1CC2CCC1C2. The van der Waals surface area contributed by atoms with Crippen LogP contribution >= 0.6 is 0 Å². The molecule has 3 heteroatoms. The van der Waals surface area contributed by atoms with Gasteiger partial charge in [0.2, 0.25) is 5.91 Å². The molecule has 3 aliphatic rings. The van der Waals surface area contributed by atoms with Crippen LogP contribution in [0.15, 0.2) is 0 Å². The van der Waals surface area contributed by atoms with Gasteiger partial charge in [0.05, 0.1) is 12.2 Å². The highest BCUT2D eigenvalue weighted by atomic mass is 16.2. The van der Waals surface area contributed by atoms with Crippen LogP contribution < -0.4 is 5.32 Å². The lowest BCUT2D eigenvalue weighted by Gasteiger charge is -2.30. The third-order valence-corrected chi connectivity index (χ3v) is 5.76. The van der Waals surface area contributed by atoms with Gasteiger partial charge in [-0.1, -0.05) is 27.2 Å². The lowest BCUT2D eigenvalue weighted by Crippen LogP contribution is -2.41. The van der Waals surface area contributed by atoms with Crippen molar-refractivity contribution in [1.29, 1.82) is 0 Å². The second-order valence-corrected chi connectivity index (χ2v) is 7.70. The van der Waals surface area contributed by atoms with Crippen molar-refractivity contribution in [3.63, 3.8) is 0 Å². The van der Waals surface area contributed by atoms with E-state index in [1.165, 1.54) is 25.7 Å². The Morgan fingerprint density at radius 3 is 2.65 bits per heavy atom. The largest absolute Gasteiger partial charge is 0.326 e. The zero-order valence-electron chi connectivity index (χ0n) is 13.3. The first-order chi connectivity index (χ1) is 9.58. The van der Waals surface area contributed by atoms with Gasteiger partial charge in [-0.15, -0.1) is 0 Å². The lowest BCUT2D eigenvalue weighted by molar-refractivity contribution is -0.131. The number of hydrogen-bond donors (Lipinski definition) is 1. The summed E-state index contributed by atoms with van der Waals surface area (Å²) in [6, 6.07) is 0.0681. The molecule has 3 rings (SSSR count). The summed E-state index contributed by atoms with van der Waals surface area (Å²) in [5, 5.41) is 3.57. The van der Waals surface area contributed by atoms with Gasteiger partial charge in [-0.25, -0.2) is 0 Å². The van der Waals surface area contributed by atoms with E-state index in [0.717, 1.165) is 37.1 Å². The molecule has 114 valence electrons. The minimum Gasteiger partial charge on any atom is -0.326 e. The van der Waals surface area contributed by atoms with Crippen LogP contribution in [-0.4, -0.2) is 29.6 Å². The van der Waals surface area contributed by atoms with Crippen molar-refractivity contribution in [3.8, 4) is 0 Å². The van der Waals surface area contributed by atoms with Gasteiger partial charge in [0.1, 0.15) is 0 Å². The Balaban J connectivity index is 1.63. The van der Waals surface area contributed by atoms with E-state index in [1.54, 1.807) is 0 Å². The number of nitrogens with zero attached hydrogens (tertiary/aromatic N) is 1. The molecule has 1 aliphatic heterocycles. The standard InChI is InChI=1S/C17H30N2O/c1-4-16-18-15(7-11(2)3)17(20)19(16)10-14-9-12-5-6-13(14)8-12/h11-16,18H,4-10H2,1-3H3. The summed E-state index contributed by atoms with van der Waals surface area (Å²) in [4.78, 5) is 14.8. The molecule has 0 aromatic heterocycles. The molecule has 3 fully saturated rings.